The number of hydrogen-bond acceptors (Lipinski definition) is 6. The van der Waals surface area contributed by atoms with Gasteiger partial charge in [-0.3, -0.25) is 0 Å². The van der Waals surface area contributed by atoms with Crippen molar-refractivity contribution >= 4 is 17.3 Å². The molecule has 7 nitrogen and oxygen atoms in total. The highest BCUT2D eigenvalue weighted by atomic mass is 32.1. The Kier molecular flexibility index (Phi) is 9.00. The number of thiazole rings is 1. The van der Waals surface area contributed by atoms with E-state index in [-0.39, 0.29) is 0 Å². The summed E-state index contributed by atoms with van der Waals surface area (Å²) in [5.74, 6) is 1.37. The number of ether oxygens (including phenoxy) is 2. The molecule has 0 amide bonds. The average Bonchev–Trinajstić information content (AvgIpc) is 2.98. The summed E-state index contributed by atoms with van der Waals surface area (Å²) in [6, 6.07) is 3.87. The van der Waals surface area contributed by atoms with Gasteiger partial charge in [-0.05, 0) is 26.8 Å². The second-order valence-corrected chi connectivity index (χ2v) is 7.22. The van der Waals surface area contributed by atoms with Gasteiger partial charge in [0.1, 0.15) is 6.61 Å². The van der Waals surface area contributed by atoms with Crippen LogP contribution in [0.5, 0.6) is 5.88 Å². The Labute approximate surface area is 165 Å². The lowest BCUT2D eigenvalue weighted by Crippen LogP contribution is -2.38. The number of hydrogen-bond donors (Lipinski definition) is 2. The lowest BCUT2D eigenvalue weighted by Gasteiger charge is -2.12. The fraction of sp³-hybridized carbons (Fsp3) is 0.526. The molecule has 2 heterocycles. The van der Waals surface area contributed by atoms with Gasteiger partial charge in [0.2, 0.25) is 5.88 Å². The summed E-state index contributed by atoms with van der Waals surface area (Å²) in [5, 5.41) is 7.78. The Bertz CT molecular complexity index is 713. The molecule has 0 aliphatic carbocycles. The van der Waals surface area contributed by atoms with Gasteiger partial charge in [-0.1, -0.05) is 6.07 Å². The van der Waals surface area contributed by atoms with Gasteiger partial charge < -0.3 is 20.1 Å². The van der Waals surface area contributed by atoms with Crippen molar-refractivity contribution < 1.29 is 9.47 Å². The van der Waals surface area contributed by atoms with Crippen molar-refractivity contribution in [3.05, 3.63) is 39.5 Å². The molecule has 148 valence electrons. The molecular weight excluding hydrogens is 362 g/mol. The van der Waals surface area contributed by atoms with Gasteiger partial charge in [-0.2, -0.15) is 0 Å². The summed E-state index contributed by atoms with van der Waals surface area (Å²) in [6.45, 7) is 9.27. The molecule has 0 fully saturated rings. The van der Waals surface area contributed by atoms with Crippen LogP contribution >= 0.6 is 11.3 Å². The second-order valence-electron chi connectivity index (χ2n) is 5.93. The highest BCUT2D eigenvalue weighted by molar-refractivity contribution is 7.11. The third kappa shape index (κ3) is 7.15. The zero-order valence-corrected chi connectivity index (χ0v) is 17.4. The summed E-state index contributed by atoms with van der Waals surface area (Å²) in [6.07, 6.45) is 2.60. The first-order valence-corrected chi connectivity index (χ1v) is 9.96. The standard InChI is InChI=1S/C19H29N5O2S/c1-5-20-19(22-10-8-17-24-14(2)15(3)27-17)23-13-16-7-6-9-21-18(16)26-12-11-25-4/h6-7,9H,5,8,10-13H2,1-4H3,(H2,20,22,23). The molecule has 0 radical (unpaired) electrons. The van der Waals surface area contributed by atoms with Crippen LogP contribution < -0.4 is 15.4 Å². The Hall–Kier alpha value is -2.19. The van der Waals surface area contributed by atoms with Gasteiger partial charge in [0.25, 0.3) is 0 Å². The summed E-state index contributed by atoms with van der Waals surface area (Å²) >= 11 is 1.75. The third-order valence-corrected chi connectivity index (χ3v) is 4.96. The zero-order chi connectivity index (χ0) is 19.5. The van der Waals surface area contributed by atoms with Gasteiger partial charge in [0.05, 0.1) is 23.9 Å². The fourth-order valence-corrected chi connectivity index (χ4v) is 3.27. The summed E-state index contributed by atoms with van der Waals surface area (Å²) < 4.78 is 10.7. The van der Waals surface area contributed by atoms with Crippen LogP contribution in [0.1, 0.15) is 28.1 Å². The molecule has 0 spiro atoms. The van der Waals surface area contributed by atoms with Gasteiger partial charge in [-0.15, -0.1) is 11.3 Å². The first-order valence-electron chi connectivity index (χ1n) is 9.14. The van der Waals surface area contributed by atoms with Gasteiger partial charge in [0.15, 0.2) is 5.96 Å². The van der Waals surface area contributed by atoms with Crippen molar-refractivity contribution in [2.75, 3.05) is 33.4 Å². The summed E-state index contributed by atoms with van der Waals surface area (Å²) in [5.41, 5.74) is 2.06. The van der Waals surface area contributed by atoms with Crippen LogP contribution in [0.15, 0.2) is 23.3 Å². The number of aryl methyl sites for hydroxylation is 2. The van der Waals surface area contributed by atoms with Gasteiger partial charge in [0, 0.05) is 43.3 Å². The molecule has 0 atom stereocenters. The Balaban J connectivity index is 1.92. The van der Waals surface area contributed by atoms with E-state index in [2.05, 4.69) is 39.4 Å². The number of guanidine groups is 1. The van der Waals surface area contributed by atoms with E-state index < -0.39 is 0 Å². The molecule has 2 aromatic heterocycles. The van der Waals surface area contributed by atoms with E-state index in [1.54, 1.807) is 24.6 Å². The van der Waals surface area contributed by atoms with Crippen molar-refractivity contribution in [1.29, 1.82) is 0 Å². The van der Waals surface area contributed by atoms with Crippen LogP contribution in [-0.2, 0) is 17.7 Å². The monoisotopic (exact) mass is 391 g/mol. The number of nitrogens with zero attached hydrogens (tertiary/aromatic N) is 3. The predicted octanol–water partition coefficient (Wildman–Crippen LogP) is 2.48. The molecule has 0 aliphatic rings. The SMILES string of the molecule is CCNC(=NCc1cccnc1OCCOC)NCCc1nc(C)c(C)s1. The Morgan fingerprint density at radius 1 is 1.26 bits per heavy atom. The predicted molar refractivity (Wildman–Crippen MR) is 110 cm³/mol. The molecule has 2 aromatic rings. The fourth-order valence-electron chi connectivity index (χ4n) is 2.34. The molecule has 0 aliphatic heterocycles. The van der Waals surface area contributed by atoms with E-state index in [0.717, 1.165) is 41.7 Å². The van der Waals surface area contributed by atoms with Crippen molar-refractivity contribution in [2.45, 2.75) is 33.7 Å². The topological polar surface area (TPSA) is 80.7 Å². The number of rotatable bonds is 10. The second kappa shape index (κ2) is 11.5. The van der Waals surface area contributed by atoms with Gasteiger partial charge >= 0.3 is 0 Å². The van der Waals surface area contributed by atoms with E-state index in [1.807, 2.05) is 19.1 Å². The van der Waals surface area contributed by atoms with Gasteiger partial charge in [-0.25, -0.2) is 15.0 Å². The number of methoxy groups -OCH3 is 1. The lowest BCUT2D eigenvalue weighted by molar-refractivity contribution is 0.143. The maximum Gasteiger partial charge on any atom is 0.218 e. The van der Waals surface area contributed by atoms with E-state index >= 15 is 0 Å². The zero-order valence-electron chi connectivity index (χ0n) is 16.5. The number of aromatic nitrogens is 2. The molecule has 0 saturated heterocycles. The number of pyridine rings is 1. The maximum atomic E-state index is 5.67. The minimum absolute atomic E-state index is 0.467. The van der Waals surface area contributed by atoms with E-state index in [4.69, 9.17) is 9.47 Å². The van der Waals surface area contributed by atoms with Crippen LogP contribution in [0.2, 0.25) is 0 Å². The first kappa shape index (κ1) is 21.1. The van der Waals surface area contributed by atoms with Crippen LogP contribution in [0, 0.1) is 13.8 Å². The minimum Gasteiger partial charge on any atom is -0.475 e. The van der Waals surface area contributed by atoms with Crippen LogP contribution in [-0.4, -0.2) is 49.3 Å². The molecule has 0 bridgehead atoms. The Morgan fingerprint density at radius 3 is 2.81 bits per heavy atom. The largest absolute Gasteiger partial charge is 0.475 e. The van der Waals surface area contributed by atoms with Crippen molar-refractivity contribution in [3.63, 3.8) is 0 Å². The first-order chi connectivity index (χ1) is 13.1. The van der Waals surface area contributed by atoms with Crippen molar-refractivity contribution in [2.24, 2.45) is 4.99 Å². The Morgan fingerprint density at radius 2 is 2.11 bits per heavy atom. The molecule has 0 aromatic carbocycles. The smallest absolute Gasteiger partial charge is 0.218 e. The number of aliphatic imine (C=N–C) groups is 1. The highest BCUT2D eigenvalue weighted by Gasteiger charge is 2.06. The maximum absolute atomic E-state index is 5.67. The lowest BCUT2D eigenvalue weighted by atomic mass is 10.3. The molecule has 0 unspecified atom stereocenters. The minimum atomic E-state index is 0.467. The van der Waals surface area contributed by atoms with Crippen molar-refractivity contribution in [3.8, 4) is 5.88 Å². The molecular formula is C19H29N5O2S. The number of nitrogens with one attached hydrogen (secondary N) is 2. The van der Waals surface area contributed by atoms with Crippen LogP contribution in [0.4, 0.5) is 0 Å². The van der Waals surface area contributed by atoms with Crippen molar-refractivity contribution in [1.82, 2.24) is 20.6 Å². The third-order valence-electron chi connectivity index (χ3n) is 3.83. The summed E-state index contributed by atoms with van der Waals surface area (Å²) in [4.78, 5) is 14.8. The molecule has 2 N–H and O–H groups in total. The molecule has 8 heteroatoms. The molecule has 27 heavy (non-hydrogen) atoms. The van der Waals surface area contributed by atoms with E-state index in [9.17, 15) is 0 Å². The van der Waals surface area contributed by atoms with Crippen LogP contribution in [0.25, 0.3) is 0 Å². The average molecular weight is 392 g/mol. The molecule has 0 saturated carbocycles. The normalized spacial score (nSPS) is 11.5. The van der Waals surface area contributed by atoms with Crippen LogP contribution in [0.3, 0.4) is 0 Å². The van der Waals surface area contributed by atoms with E-state index in [0.29, 0.717) is 25.6 Å². The summed E-state index contributed by atoms with van der Waals surface area (Å²) in [7, 11) is 1.65. The molecule has 2 rings (SSSR count). The highest BCUT2D eigenvalue weighted by Crippen LogP contribution is 2.17. The quantitative estimate of drug-likeness (QED) is 0.368. The van der Waals surface area contributed by atoms with E-state index in [1.165, 1.54) is 4.88 Å².